The Bertz CT molecular complexity index is 2340. The van der Waals surface area contributed by atoms with Gasteiger partial charge in [-0.2, -0.15) is 0 Å². The van der Waals surface area contributed by atoms with Gasteiger partial charge in [-0.05, 0) is 67.0 Å². The van der Waals surface area contributed by atoms with E-state index < -0.39 is 118 Å². The van der Waals surface area contributed by atoms with E-state index >= 15 is 4.79 Å². The van der Waals surface area contributed by atoms with Gasteiger partial charge in [0, 0.05) is 37.7 Å². The van der Waals surface area contributed by atoms with Crippen LogP contribution < -0.4 is 5.32 Å². The lowest BCUT2D eigenvalue weighted by Gasteiger charge is -2.67. The number of fused-ring (bicyclic) bond motifs is 5. The molecule has 2 bridgehead atoms. The van der Waals surface area contributed by atoms with E-state index in [1.807, 2.05) is 0 Å². The second-order valence-corrected chi connectivity index (χ2v) is 17.5. The molecule has 3 fully saturated rings. The highest BCUT2D eigenvalue weighted by molar-refractivity contribution is 5.96. The lowest BCUT2D eigenvalue weighted by molar-refractivity contribution is -0.346. The Hall–Kier alpha value is -5.81. The summed E-state index contributed by atoms with van der Waals surface area (Å²) >= 11 is 0. The molecule has 3 unspecified atom stereocenters. The van der Waals surface area contributed by atoms with Crippen LogP contribution in [0.5, 0.6) is 0 Å². The molecule has 0 radical (unpaired) electrons. The van der Waals surface area contributed by atoms with Gasteiger partial charge < -0.3 is 44.3 Å². The van der Waals surface area contributed by atoms with E-state index in [9.17, 15) is 43.7 Å². The van der Waals surface area contributed by atoms with Gasteiger partial charge in [-0.15, -0.1) is 0 Å². The number of amides is 1. The van der Waals surface area contributed by atoms with Gasteiger partial charge in [-0.3, -0.25) is 19.2 Å². The van der Waals surface area contributed by atoms with Crippen molar-refractivity contribution in [1.82, 2.24) is 5.32 Å². The highest BCUT2D eigenvalue weighted by Gasteiger charge is 2.78. The number of hydrogen-bond donors (Lipinski definition) is 4. The third-order valence-electron chi connectivity index (χ3n) is 13.6. The van der Waals surface area contributed by atoms with Crippen LogP contribution in [0.3, 0.4) is 0 Å². The fourth-order valence-electron chi connectivity index (χ4n) is 10.2. The molecule has 63 heavy (non-hydrogen) atoms. The van der Waals surface area contributed by atoms with Crippen molar-refractivity contribution in [3.05, 3.63) is 119 Å². The number of ether oxygens (including phenoxy) is 5. The minimum atomic E-state index is -2.44. The van der Waals surface area contributed by atoms with Crippen molar-refractivity contribution >= 4 is 35.6 Å². The Morgan fingerprint density at radius 2 is 1.46 bits per heavy atom. The molecule has 16 heteroatoms. The summed E-state index contributed by atoms with van der Waals surface area (Å²) in [4.78, 5) is 83.4. The molecule has 3 aromatic carbocycles. The standard InChI is InChI=1S/C47H50FNO14/c1-24-31(61-43(57)36(53)35(27-17-19-30(48)20-18-27)49-41(55)28-13-9-7-10-14-28)22-47(58)40(62-42(56)29-15-11-8-12-16-29)38-45(6,32(52)21-33-46(38,23-59-33)63-26(3)51)39(54)37(60-25(2)50)34(24)44(47,4)5/h7-20,31-33,35-38,40,52-53,58H,21-23H2,1-6H3,(H,49,55)/t31-,32-,33?,35-,36+,37+,38?,40?,45+,46-,47+/m0/s1. The molecule has 11 atom stereocenters. The average Bonchev–Trinajstić information content (AvgIpc) is 3.24. The molecule has 4 N–H and O–H groups in total. The maximum Gasteiger partial charge on any atom is 0.338 e. The van der Waals surface area contributed by atoms with Crippen LogP contribution in [0.15, 0.2) is 96.1 Å². The number of carbonyl (C=O) groups is 6. The zero-order valence-corrected chi connectivity index (χ0v) is 35.5. The Morgan fingerprint density at radius 1 is 0.857 bits per heavy atom. The van der Waals surface area contributed by atoms with Crippen LogP contribution in [-0.4, -0.2) is 105 Å². The fraction of sp³-hybridized carbons (Fsp3) is 0.447. The highest BCUT2D eigenvalue weighted by Crippen LogP contribution is 2.64. The van der Waals surface area contributed by atoms with Crippen LogP contribution in [0.1, 0.15) is 86.7 Å². The Labute approximate surface area is 362 Å². The van der Waals surface area contributed by atoms with Crippen LogP contribution in [0.25, 0.3) is 0 Å². The molecular formula is C47H50FNO14. The minimum Gasteiger partial charge on any atom is -0.456 e. The predicted molar refractivity (Wildman–Crippen MR) is 218 cm³/mol. The molecule has 0 aromatic heterocycles. The topological polar surface area (TPSA) is 221 Å². The fourth-order valence-corrected chi connectivity index (χ4v) is 10.2. The van der Waals surface area contributed by atoms with Crippen LogP contribution in [0.4, 0.5) is 4.39 Å². The second-order valence-electron chi connectivity index (χ2n) is 17.5. The van der Waals surface area contributed by atoms with Crippen molar-refractivity contribution in [2.45, 2.75) is 108 Å². The van der Waals surface area contributed by atoms with E-state index in [2.05, 4.69) is 5.32 Å². The molecule has 1 amide bonds. The molecular weight excluding hydrogens is 822 g/mol. The number of rotatable bonds is 10. The van der Waals surface area contributed by atoms with Crippen molar-refractivity contribution in [3.8, 4) is 0 Å². The molecule has 3 aromatic rings. The number of esters is 4. The molecule has 15 nitrogen and oxygen atoms in total. The van der Waals surface area contributed by atoms with Crippen LogP contribution >= 0.6 is 0 Å². The van der Waals surface area contributed by atoms with E-state index in [-0.39, 0.29) is 40.9 Å². The molecule has 334 valence electrons. The second kappa shape index (κ2) is 16.7. The number of aliphatic hydroxyl groups excluding tert-OH is 2. The zero-order chi connectivity index (χ0) is 45.8. The average molecular weight is 872 g/mol. The molecule has 2 saturated carbocycles. The Kier molecular flexibility index (Phi) is 12.0. The first-order valence-electron chi connectivity index (χ1n) is 20.6. The smallest absolute Gasteiger partial charge is 0.338 e. The number of Topliss-reactive ketones (excluding diaryl/α,β-unsaturated/α-hetero) is 1. The first kappa shape index (κ1) is 45.2. The van der Waals surface area contributed by atoms with Crippen molar-refractivity contribution in [2.75, 3.05) is 6.61 Å². The number of halogens is 1. The van der Waals surface area contributed by atoms with E-state index in [4.69, 9.17) is 23.7 Å². The van der Waals surface area contributed by atoms with Crippen LogP contribution in [0, 0.1) is 22.6 Å². The third kappa shape index (κ3) is 7.62. The SMILES string of the molecule is CC(=O)O[C@H]1C(=O)[C@@]2(C)C(C(OC(=O)c3ccccc3)[C@]3(O)C[C@H](OC(=O)[C@H](O)[C@@H](NC(=O)c4ccccc4)c4ccc(F)cc4)C(C)=C1C3(C)C)[C@]1(OC(C)=O)COC1C[C@@H]2O. The van der Waals surface area contributed by atoms with Crippen LogP contribution in [0.2, 0.25) is 0 Å². The summed E-state index contributed by atoms with van der Waals surface area (Å²) in [6.45, 7) is 7.79. The van der Waals surface area contributed by atoms with Crippen molar-refractivity contribution in [1.29, 1.82) is 0 Å². The van der Waals surface area contributed by atoms with Crippen molar-refractivity contribution in [3.63, 3.8) is 0 Å². The van der Waals surface area contributed by atoms with Gasteiger partial charge in [-0.1, -0.05) is 62.4 Å². The molecule has 1 saturated heterocycles. The molecule has 1 aliphatic heterocycles. The van der Waals surface area contributed by atoms with Gasteiger partial charge in [0.15, 0.2) is 23.6 Å². The van der Waals surface area contributed by atoms with Gasteiger partial charge in [0.25, 0.3) is 5.91 Å². The summed E-state index contributed by atoms with van der Waals surface area (Å²) in [7, 11) is 0. The monoisotopic (exact) mass is 871 g/mol. The largest absolute Gasteiger partial charge is 0.456 e. The zero-order valence-electron chi connectivity index (χ0n) is 35.5. The quantitative estimate of drug-likeness (QED) is 0.129. The van der Waals surface area contributed by atoms with E-state index in [1.54, 1.807) is 36.4 Å². The molecule has 3 aliphatic carbocycles. The number of carbonyl (C=O) groups excluding carboxylic acids is 6. The first-order chi connectivity index (χ1) is 29.7. The highest BCUT2D eigenvalue weighted by atomic mass is 19.1. The van der Waals surface area contributed by atoms with E-state index in [0.717, 1.165) is 26.0 Å². The lowest BCUT2D eigenvalue weighted by Crippen LogP contribution is -2.82. The number of ketones is 1. The first-order valence-corrected chi connectivity index (χ1v) is 20.6. The molecule has 0 spiro atoms. The van der Waals surface area contributed by atoms with Crippen LogP contribution in [-0.2, 0) is 42.9 Å². The summed E-state index contributed by atoms with van der Waals surface area (Å²) < 4.78 is 44.2. The normalized spacial score (nSPS) is 31.6. The lowest BCUT2D eigenvalue weighted by atomic mass is 9.44. The summed E-state index contributed by atoms with van der Waals surface area (Å²) in [6, 6.07) is 18.9. The Balaban J connectivity index is 1.39. The maximum absolute atomic E-state index is 15.5. The number of aliphatic hydroxyl groups is 3. The van der Waals surface area contributed by atoms with Gasteiger partial charge >= 0.3 is 23.9 Å². The van der Waals surface area contributed by atoms with E-state index in [0.29, 0.717) is 0 Å². The van der Waals surface area contributed by atoms with Gasteiger partial charge in [-0.25, -0.2) is 14.0 Å². The number of benzene rings is 3. The molecule has 7 rings (SSSR count). The Morgan fingerprint density at radius 3 is 2.02 bits per heavy atom. The predicted octanol–water partition coefficient (Wildman–Crippen LogP) is 3.87. The molecule has 1 heterocycles. The summed E-state index contributed by atoms with van der Waals surface area (Å²) in [5.41, 5.74) is -7.58. The summed E-state index contributed by atoms with van der Waals surface area (Å²) in [6.07, 6.45) is -10.9. The van der Waals surface area contributed by atoms with Gasteiger partial charge in [0.2, 0.25) is 0 Å². The summed E-state index contributed by atoms with van der Waals surface area (Å²) in [5.74, 6) is -7.79. The summed E-state index contributed by atoms with van der Waals surface area (Å²) in [5, 5.41) is 40.1. The third-order valence-corrected chi connectivity index (χ3v) is 13.6. The van der Waals surface area contributed by atoms with E-state index in [1.165, 1.54) is 64.1 Å². The van der Waals surface area contributed by atoms with Gasteiger partial charge in [0.1, 0.15) is 29.7 Å². The van der Waals surface area contributed by atoms with Crippen molar-refractivity contribution < 1.29 is 72.2 Å². The number of hydrogen-bond acceptors (Lipinski definition) is 14. The molecule has 4 aliphatic rings. The van der Waals surface area contributed by atoms with Gasteiger partial charge in [0.05, 0.1) is 35.6 Å². The minimum absolute atomic E-state index is 0.0441. The maximum atomic E-state index is 15.5. The number of nitrogens with one attached hydrogen (secondary N) is 1. The van der Waals surface area contributed by atoms with Crippen molar-refractivity contribution in [2.24, 2.45) is 16.7 Å².